The van der Waals surface area contributed by atoms with Crippen LogP contribution in [0.2, 0.25) is 0 Å². The van der Waals surface area contributed by atoms with E-state index in [0.29, 0.717) is 12.3 Å². The lowest BCUT2D eigenvalue weighted by molar-refractivity contribution is 0.509. The summed E-state index contributed by atoms with van der Waals surface area (Å²) >= 11 is 0. The quantitative estimate of drug-likeness (QED) is 0.885. The van der Waals surface area contributed by atoms with Gasteiger partial charge in [-0.15, -0.1) is 0 Å². The number of hydrogen-bond acceptors (Lipinski definition) is 3. The average Bonchev–Trinajstić information content (AvgIpc) is 2.56. The summed E-state index contributed by atoms with van der Waals surface area (Å²) in [5.41, 5.74) is 4.00. The van der Waals surface area contributed by atoms with Crippen molar-refractivity contribution < 1.29 is 0 Å². The average molecular weight is 257 g/mol. The molecular weight excluding hydrogens is 234 g/mol. The summed E-state index contributed by atoms with van der Waals surface area (Å²) < 4.78 is 0. The van der Waals surface area contributed by atoms with Gasteiger partial charge in [0, 0.05) is 24.8 Å². The van der Waals surface area contributed by atoms with Gasteiger partial charge in [-0.1, -0.05) is 19.1 Å². The molecule has 2 unspecified atom stereocenters. The van der Waals surface area contributed by atoms with Crippen LogP contribution < -0.4 is 10.2 Å². The van der Waals surface area contributed by atoms with Gasteiger partial charge in [-0.25, -0.2) is 0 Å². The molecule has 0 amide bonds. The molecule has 1 heterocycles. The summed E-state index contributed by atoms with van der Waals surface area (Å²) in [6.45, 7) is 9.58. The number of nitrogens with zero attached hydrogens (tertiary/aromatic N) is 2. The van der Waals surface area contributed by atoms with E-state index in [2.05, 4.69) is 55.3 Å². The first kappa shape index (κ1) is 13.9. The number of aryl methyl sites for hydroxylation is 1. The molecule has 19 heavy (non-hydrogen) atoms. The Hall–Kier alpha value is -1.53. The zero-order valence-electron chi connectivity index (χ0n) is 12.1. The van der Waals surface area contributed by atoms with Gasteiger partial charge in [-0.3, -0.25) is 0 Å². The summed E-state index contributed by atoms with van der Waals surface area (Å²) in [6, 6.07) is 9.04. The molecule has 0 radical (unpaired) electrons. The Morgan fingerprint density at radius 1 is 1.37 bits per heavy atom. The second kappa shape index (κ2) is 6.08. The van der Waals surface area contributed by atoms with E-state index in [-0.39, 0.29) is 6.04 Å². The number of anilines is 1. The molecule has 1 fully saturated rings. The van der Waals surface area contributed by atoms with E-state index < -0.39 is 0 Å². The summed E-state index contributed by atoms with van der Waals surface area (Å²) in [5, 5.41) is 12.4. The highest BCUT2D eigenvalue weighted by molar-refractivity contribution is 5.56. The summed E-state index contributed by atoms with van der Waals surface area (Å²) in [4.78, 5) is 2.44. The summed E-state index contributed by atoms with van der Waals surface area (Å²) in [5.74, 6) is 0.601. The van der Waals surface area contributed by atoms with Crippen molar-refractivity contribution in [3.8, 4) is 6.07 Å². The molecule has 0 aliphatic carbocycles. The molecule has 1 saturated heterocycles. The minimum absolute atomic E-state index is 0.273. The van der Waals surface area contributed by atoms with Crippen molar-refractivity contribution in [3.63, 3.8) is 0 Å². The fourth-order valence-corrected chi connectivity index (χ4v) is 2.74. The third-order valence-corrected chi connectivity index (χ3v) is 3.98. The normalized spacial score (nSPS) is 23.8. The lowest BCUT2D eigenvalue weighted by atomic mass is 10.1. The smallest absolute Gasteiger partial charge is 0.0638 e. The van der Waals surface area contributed by atoms with E-state index in [1.54, 1.807) is 0 Å². The van der Waals surface area contributed by atoms with Gasteiger partial charge in [0.1, 0.15) is 0 Å². The number of rotatable bonds is 2. The van der Waals surface area contributed by atoms with Crippen LogP contribution in [0.3, 0.4) is 0 Å². The van der Waals surface area contributed by atoms with Gasteiger partial charge >= 0.3 is 0 Å². The molecule has 3 nitrogen and oxygen atoms in total. The Balaban J connectivity index is 2.25. The number of hydrogen-bond donors (Lipinski definition) is 1. The Kier molecular flexibility index (Phi) is 4.44. The molecule has 3 heteroatoms. The molecule has 1 aliphatic rings. The van der Waals surface area contributed by atoms with Gasteiger partial charge in [0.2, 0.25) is 0 Å². The second-order valence-corrected chi connectivity index (χ2v) is 5.70. The van der Waals surface area contributed by atoms with Crippen LogP contribution in [0.4, 0.5) is 5.69 Å². The van der Waals surface area contributed by atoms with Crippen LogP contribution in [-0.2, 0) is 0 Å². The van der Waals surface area contributed by atoms with Crippen LogP contribution in [0.25, 0.3) is 0 Å². The Morgan fingerprint density at radius 3 is 2.89 bits per heavy atom. The van der Waals surface area contributed by atoms with Crippen molar-refractivity contribution in [1.82, 2.24) is 5.32 Å². The van der Waals surface area contributed by atoms with E-state index in [1.165, 1.54) is 16.8 Å². The van der Waals surface area contributed by atoms with Gasteiger partial charge < -0.3 is 10.2 Å². The first-order chi connectivity index (χ1) is 9.11. The monoisotopic (exact) mass is 257 g/mol. The molecule has 1 aliphatic heterocycles. The second-order valence-electron chi connectivity index (χ2n) is 5.70. The molecule has 0 saturated carbocycles. The van der Waals surface area contributed by atoms with Gasteiger partial charge in [-0.05, 0) is 43.5 Å². The third kappa shape index (κ3) is 3.27. The van der Waals surface area contributed by atoms with Crippen LogP contribution in [-0.4, -0.2) is 25.7 Å². The first-order valence-corrected chi connectivity index (χ1v) is 7.03. The van der Waals surface area contributed by atoms with Crippen LogP contribution in [0.15, 0.2) is 18.2 Å². The number of benzene rings is 1. The minimum atomic E-state index is 0.273. The van der Waals surface area contributed by atoms with Gasteiger partial charge in [0.25, 0.3) is 0 Å². The van der Waals surface area contributed by atoms with Gasteiger partial charge in [-0.2, -0.15) is 5.26 Å². The largest absolute Gasteiger partial charge is 0.369 e. The van der Waals surface area contributed by atoms with Crippen molar-refractivity contribution in [2.24, 2.45) is 5.92 Å². The van der Waals surface area contributed by atoms with Crippen LogP contribution >= 0.6 is 0 Å². The lowest BCUT2D eigenvalue weighted by Crippen LogP contribution is -2.37. The molecule has 1 aromatic carbocycles. The fourth-order valence-electron chi connectivity index (χ4n) is 2.74. The molecule has 1 N–H and O–H groups in total. The lowest BCUT2D eigenvalue weighted by Gasteiger charge is -2.28. The molecule has 2 rings (SSSR count). The first-order valence-electron chi connectivity index (χ1n) is 7.03. The van der Waals surface area contributed by atoms with Crippen molar-refractivity contribution in [2.75, 3.05) is 24.5 Å². The third-order valence-electron chi connectivity index (χ3n) is 3.98. The van der Waals surface area contributed by atoms with Gasteiger partial charge in [0.15, 0.2) is 0 Å². The van der Waals surface area contributed by atoms with E-state index >= 15 is 0 Å². The topological polar surface area (TPSA) is 39.1 Å². The fraction of sp³-hybridized carbons (Fsp3) is 0.562. The Labute approximate surface area is 116 Å². The molecule has 0 spiro atoms. The van der Waals surface area contributed by atoms with E-state index in [4.69, 9.17) is 5.26 Å². The highest BCUT2D eigenvalue weighted by atomic mass is 15.2. The van der Waals surface area contributed by atoms with E-state index in [9.17, 15) is 0 Å². The Bertz CT molecular complexity index is 475. The van der Waals surface area contributed by atoms with Gasteiger partial charge in [0.05, 0.1) is 12.5 Å². The zero-order valence-corrected chi connectivity index (χ0v) is 12.1. The Morgan fingerprint density at radius 2 is 2.16 bits per heavy atom. The highest BCUT2D eigenvalue weighted by Gasteiger charge is 2.22. The van der Waals surface area contributed by atoms with Crippen LogP contribution in [0, 0.1) is 31.1 Å². The molecular formula is C16H23N3. The highest BCUT2D eigenvalue weighted by Crippen LogP contribution is 2.25. The number of nitrogens with one attached hydrogen (secondary N) is 1. The van der Waals surface area contributed by atoms with Crippen molar-refractivity contribution >= 4 is 5.69 Å². The predicted octanol–water partition coefficient (Wildman–Crippen LogP) is 2.63. The molecule has 102 valence electrons. The maximum Gasteiger partial charge on any atom is 0.0638 e. The maximum atomic E-state index is 8.92. The SMILES string of the molecule is Cc1cccc(N2CC(C)CNC(CC#N)C2)c1C. The number of nitriles is 1. The predicted molar refractivity (Wildman–Crippen MR) is 79.3 cm³/mol. The molecule has 1 aromatic rings. The van der Waals surface area contributed by atoms with Crippen LogP contribution in [0.1, 0.15) is 24.5 Å². The van der Waals surface area contributed by atoms with Crippen molar-refractivity contribution in [2.45, 2.75) is 33.2 Å². The van der Waals surface area contributed by atoms with Crippen molar-refractivity contribution in [3.05, 3.63) is 29.3 Å². The molecule has 0 bridgehead atoms. The van der Waals surface area contributed by atoms with E-state index in [1.807, 2.05) is 0 Å². The maximum absolute atomic E-state index is 8.92. The van der Waals surface area contributed by atoms with Crippen LogP contribution in [0.5, 0.6) is 0 Å². The standard InChI is InChI=1S/C16H23N3/c1-12-9-18-15(7-8-17)11-19(10-12)16-6-4-5-13(2)14(16)3/h4-6,12,15,18H,7,9-11H2,1-3H3. The van der Waals surface area contributed by atoms with Crippen molar-refractivity contribution in [1.29, 1.82) is 5.26 Å². The summed E-state index contributed by atoms with van der Waals surface area (Å²) in [7, 11) is 0. The molecule has 0 aromatic heterocycles. The minimum Gasteiger partial charge on any atom is -0.369 e. The van der Waals surface area contributed by atoms with E-state index in [0.717, 1.165) is 19.6 Å². The molecule has 2 atom stereocenters. The zero-order chi connectivity index (χ0) is 13.8. The summed E-state index contributed by atoms with van der Waals surface area (Å²) in [6.07, 6.45) is 0.577.